The summed E-state index contributed by atoms with van der Waals surface area (Å²) in [7, 11) is 0. The Kier molecular flexibility index (Phi) is 4.17. The van der Waals surface area contributed by atoms with E-state index in [0.717, 1.165) is 35.4 Å². The summed E-state index contributed by atoms with van der Waals surface area (Å²) in [4.78, 5) is 11.2. The van der Waals surface area contributed by atoms with Gasteiger partial charge in [-0.3, -0.25) is 0 Å². The van der Waals surface area contributed by atoms with E-state index in [1.54, 1.807) is 17.7 Å². The molecule has 1 aliphatic carbocycles. The van der Waals surface area contributed by atoms with Crippen LogP contribution in [0.3, 0.4) is 0 Å². The van der Waals surface area contributed by atoms with E-state index in [1.165, 1.54) is 24.1 Å². The minimum absolute atomic E-state index is 0.383. The number of hydrogen-bond acceptors (Lipinski definition) is 5. The molecule has 0 saturated heterocycles. The van der Waals surface area contributed by atoms with Crippen molar-refractivity contribution >= 4 is 27.4 Å². The summed E-state index contributed by atoms with van der Waals surface area (Å²) in [5.74, 6) is 1.65. The fraction of sp³-hybridized carbons (Fsp3) is 0.600. The normalized spacial score (nSPS) is 23.1. The Labute approximate surface area is 123 Å². The van der Waals surface area contributed by atoms with E-state index in [1.807, 2.05) is 0 Å². The van der Waals surface area contributed by atoms with E-state index in [0.29, 0.717) is 12.0 Å². The second-order valence-corrected chi connectivity index (χ2v) is 6.80. The van der Waals surface area contributed by atoms with E-state index in [2.05, 4.69) is 28.3 Å². The minimum Gasteiger partial charge on any atom is -0.369 e. The Hall–Kier alpha value is -1.20. The number of hydrogen-bond donors (Lipinski definition) is 2. The van der Waals surface area contributed by atoms with Crippen LogP contribution in [0.1, 0.15) is 37.5 Å². The molecule has 108 valence electrons. The molecule has 0 spiro atoms. The van der Waals surface area contributed by atoms with Crippen molar-refractivity contribution in [3.63, 3.8) is 0 Å². The average molecular weight is 290 g/mol. The molecule has 5 heteroatoms. The number of nitrogens with zero attached hydrogens (tertiary/aromatic N) is 2. The van der Waals surface area contributed by atoms with Crippen molar-refractivity contribution in [1.29, 1.82) is 0 Å². The van der Waals surface area contributed by atoms with Crippen LogP contribution in [-0.2, 0) is 6.42 Å². The minimum atomic E-state index is 0.383. The molecule has 1 fully saturated rings. The molecule has 0 radical (unpaired) electrons. The van der Waals surface area contributed by atoms with Crippen LogP contribution in [0.2, 0.25) is 0 Å². The molecular weight excluding hydrogens is 268 g/mol. The molecule has 0 bridgehead atoms. The van der Waals surface area contributed by atoms with Gasteiger partial charge in [0.25, 0.3) is 0 Å². The van der Waals surface area contributed by atoms with E-state index in [-0.39, 0.29) is 0 Å². The van der Waals surface area contributed by atoms with Crippen LogP contribution in [0.15, 0.2) is 12.4 Å². The molecule has 0 amide bonds. The van der Waals surface area contributed by atoms with Crippen LogP contribution >= 0.6 is 11.3 Å². The van der Waals surface area contributed by atoms with Crippen molar-refractivity contribution < 1.29 is 0 Å². The Morgan fingerprint density at radius 2 is 2.30 bits per heavy atom. The first-order valence-corrected chi connectivity index (χ1v) is 8.30. The van der Waals surface area contributed by atoms with E-state index in [9.17, 15) is 0 Å². The van der Waals surface area contributed by atoms with Crippen molar-refractivity contribution in [2.75, 3.05) is 11.9 Å². The highest BCUT2D eigenvalue weighted by Gasteiger charge is 2.19. The van der Waals surface area contributed by atoms with Crippen LogP contribution in [0.25, 0.3) is 10.2 Å². The average Bonchev–Trinajstić information content (AvgIpc) is 2.89. The van der Waals surface area contributed by atoms with Gasteiger partial charge in [-0.1, -0.05) is 13.3 Å². The quantitative estimate of drug-likeness (QED) is 0.907. The smallest absolute Gasteiger partial charge is 0.138 e. The predicted octanol–water partition coefficient (Wildman–Crippen LogP) is 3.18. The summed E-state index contributed by atoms with van der Waals surface area (Å²) in [6.45, 7) is 3.14. The first-order chi connectivity index (χ1) is 9.76. The summed E-state index contributed by atoms with van der Waals surface area (Å²) in [5.41, 5.74) is 6.05. The molecule has 3 rings (SSSR count). The third kappa shape index (κ3) is 2.94. The number of aromatic nitrogens is 2. The van der Waals surface area contributed by atoms with E-state index < -0.39 is 0 Å². The standard InChI is InChI=1S/C15H22N4S/c1-2-12-7-13-14(18-9-19-15(13)20-12)17-8-10-4-3-5-11(16)6-10/h7,9-11H,2-6,8,16H2,1H3,(H,17,18,19). The van der Waals surface area contributed by atoms with Gasteiger partial charge in [-0.05, 0) is 37.7 Å². The fourth-order valence-corrected chi connectivity index (χ4v) is 3.91. The number of anilines is 1. The highest BCUT2D eigenvalue weighted by molar-refractivity contribution is 7.18. The van der Waals surface area contributed by atoms with Crippen molar-refractivity contribution in [2.45, 2.75) is 45.1 Å². The molecule has 0 aliphatic heterocycles. The van der Waals surface area contributed by atoms with Gasteiger partial charge in [0, 0.05) is 17.5 Å². The van der Waals surface area contributed by atoms with Crippen molar-refractivity contribution in [1.82, 2.24) is 9.97 Å². The zero-order valence-corrected chi connectivity index (χ0v) is 12.7. The van der Waals surface area contributed by atoms with Crippen LogP contribution in [0.5, 0.6) is 0 Å². The number of nitrogens with one attached hydrogen (secondary N) is 1. The first-order valence-electron chi connectivity index (χ1n) is 7.49. The lowest BCUT2D eigenvalue weighted by Crippen LogP contribution is -2.31. The number of fused-ring (bicyclic) bond motifs is 1. The molecule has 2 unspecified atom stereocenters. The van der Waals surface area contributed by atoms with Crippen molar-refractivity contribution in [3.05, 3.63) is 17.3 Å². The SMILES string of the molecule is CCc1cc2c(NCC3CCCC(N)C3)ncnc2s1. The van der Waals surface area contributed by atoms with Crippen LogP contribution in [-0.4, -0.2) is 22.6 Å². The monoisotopic (exact) mass is 290 g/mol. The van der Waals surface area contributed by atoms with E-state index >= 15 is 0 Å². The lowest BCUT2D eigenvalue weighted by molar-refractivity contribution is 0.335. The predicted molar refractivity (Wildman–Crippen MR) is 85.2 cm³/mol. The number of rotatable bonds is 4. The summed E-state index contributed by atoms with van der Waals surface area (Å²) in [5, 5.41) is 4.68. The van der Waals surface area contributed by atoms with Gasteiger partial charge < -0.3 is 11.1 Å². The highest BCUT2D eigenvalue weighted by Crippen LogP contribution is 2.29. The molecule has 0 aromatic carbocycles. The Morgan fingerprint density at radius 1 is 1.40 bits per heavy atom. The zero-order valence-electron chi connectivity index (χ0n) is 11.9. The van der Waals surface area contributed by atoms with Gasteiger partial charge in [0.05, 0.1) is 5.39 Å². The molecule has 20 heavy (non-hydrogen) atoms. The maximum atomic E-state index is 6.05. The second-order valence-electron chi connectivity index (χ2n) is 5.68. The maximum absolute atomic E-state index is 6.05. The van der Waals surface area contributed by atoms with Gasteiger partial charge in [0.1, 0.15) is 17.0 Å². The van der Waals surface area contributed by atoms with Crippen LogP contribution < -0.4 is 11.1 Å². The highest BCUT2D eigenvalue weighted by atomic mass is 32.1. The zero-order chi connectivity index (χ0) is 13.9. The summed E-state index contributed by atoms with van der Waals surface area (Å²) < 4.78 is 0. The summed E-state index contributed by atoms with van der Waals surface area (Å²) in [6, 6.07) is 2.60. The lowest BCUT2D eigenvalue weighted by Gasteiger charge is -2.26. The molecular formula is C15H22N4S. The number of aryl methyl sites for hydroxylation is 1. The van der Waals surface area contributed by atoms with Crippen LogP contribution in [0.4, 0.5) is 5.82 Å². The van der Waals surface area contributed by atoms with Gasteiger partial charge in [-0.25, -0.2) is 9.97 Å². The molecule has 2 atom stereocenters. The van der Waals surface area contributed by atoms with Gasteiger partial charge in [-0.2, -0.15) is 0 Å². The largest absolute Gasteiger partial charge is 0.369 e. The fourth-order valence-electron chi connectivity index (χ4n) is 2.98. The Morgan fingerprint density at radius 3 is 3.10 bits per heavy atom. The molecule has 2 heterocycles. The maximum Gasteiger partial charge on any atom is 0.138 e. The van der Waals surface area contributed by atoms with Gasteiger partial charge in [0.15, 0.2) is 0 Å². The number of thiophene rings is 1. The Bertz CT molecular complexity index is 580. The van der Waals surface area contributed by atoms with Crippen molar-refractivity contribution in [3.8, 4) is 0 Å². The molecule has 1 saturated carbocycles. The molecule has 2 aromatic heterocycles. The third-order valence-electron chi connectivity index (χ3n) is 4.11. The molecule has 3 N–H and O–H groups in total. The van der Waals surface area contributed by atoms with Crippen molar-refractivity contribution in [2.24, 2.45) is 11.7 Å². The third-order valence-corrected chi connectivity index (χ3v) is 5.30. The first kappa shape index (κ1) is 13.8. The van der Waals surface area contributed by atoms with Crippen LogP contribution in [0, 0.1) is 5.92 Å². The lowest BCUT2D eigenvalue weighted by atomic mass is 9.86. The summed E-state index contributed by atoms with van der Waals surface area (Å²) >= 11 is 1.76. The van der Waals surface area contributed by atoms with Gasteiger partial charge in [0.2, 0.25) is 0 Å². The molecule has 2 aromatic rings. The van der Waals surface area contributed by atoms with Gasteiger partial charge in [-0.15, -0.1) is 11.3 Å². The molecule has 1 aliphatic rings. The summed E-state index contributed by atoms with van der Waals surface area (Å²) in [6.07, 6.45) is 7.55. The topological polar surface area (TPSA) is 63.8 Å². The second kappa shape index (κ2) is 6.06. The molecule has 4 nitrogen and oxygen atoms in total. The van der Waals surface area contributed by atoms with E-state index in [4.69, 9.17) is 5.73 Å². The Balaban J connectivity index is 1.72. The van der Waals surface area contributed by atoms with Gasteiger partial charge >= 0.3 is 0 Å². The number of nitrogens with two attached hydrogens (primary N) is 1.